The number of carboxylic acid groups (broad SMARTS) is 1. The lowest BCUT2D eigenvalue weighted by molar-refractivity contribution is -0.138. The Bertz CT molecular complexity index is 338. The third kappa shape index (κ3) is 1.98. The highest BCUT2D eigenvalue weighted by Gasteiger charge is 2.17. The summed E-state index contributed by atoms with van der Waals surface area (Å²) in [6.45, 7) is 3.40. The van der Waals surface area contributed by atoms with Crippen LogP contribution in [0.2, 0.25) is 5.02 Å². The Kier molecular flexibility index (Phi) is 2.88. The lowest BCUT2D eigenvalue weighted by atomic mass is 9.99. The van der Waals surface area contributed by atoms with Crippen molar-refractivity contribution in [1.29, 1.82) is 0 Å². The van der Waals surface area contributed by atoms with Crippen molar-refractivity contribution in [2.75, 3.05) is 0 Å². The molecular weight excluding hydrogens is 190 g/mol. The van der Waals surface area contributed by atoms with Gasteiger partial charge in [-0.25, -0.2) is 0 Å². The molecule has 1 N–H and O–H groups in total. The van der Waals surface area contributed by atoms with Crippen LogP contribution in [-0.4, -0.2) is 16.1 Å². The Morgan fingerprint density at radius 1 is 1.62 bits per heavy atom. The molecule has 3 nitrogen and oxygen atoms in total. The largest absolute Gasteiger partial charge is 0.481 e. The van der Waals surface area contributed by atoms with E-state index in [9.17, 15) is 4.79 Å². The maximum Gasteiger partial charge on any atom is 0.310 e. The topological polar surface area (TPSA) is 50.2 Å². The predicted molar refractivity (Wildman–Crippen MR) is 50.0 cm³/mol. The number of hydrogen-bond acceptors (Lipinski definition) is 2. The molecular formula is C9H10ClNO2. The lowest BCUT2D eigenvalue weighted by Gasteiger charge is -2.09. The van der Waals surface area contributed by atoms with Crippen LogP contribution in [0, 0.1) is 6.92 Å². The Labute approximate surface area is 81.4 Å². The number of pyridine rings is 1. The molecule has 1 unspecified atom stereocenters. The Hall–Kier alpha value is -1.09. The van der Waals surface area contributed by atoms with Gasteiger partial charge in [0.25, 0.3) is 0 Å². The fourth-order valence-electron chi connectivity index (χ4n) is 1.08. The molecule has 1 heterocycles. The zero-order valence-electron chi connectivity index (χ0n) is 7.41. The van der Waals surface area contributed by atoms with Crippen LogP contribution < -0.4 is 0 Å². The number of halogens is 1. The van der Waals surface area contributed by atoms with E-state index in [1.54, 1.807) is 20.0 Å². The summed E-state index contributed by atoms with van der Waals surface area (Å²) in [4.78, 5) is 14.5. The lowest BCUT2D eigenvalue weighted by Crippen LogP contribution is -2.09. The van der Waals surface area contributed by atoms with Gasteiger partial charge in [0, 0.05) is 12.4 Å². The third-order valence-electron chi connectivity index (χ3n) is 2.03. The minimum Gasteiger partial charge on any atom is -0.481 e. The predicted octanol–water partition coefficient (Wildman–Crippen LogP) is 2.23. The van der Waals surface area contributed by atoms with Crippen molar-refractivity contribution in [3.63, 3.8) is 0 Å². The molecule has 0 aliphatic heterocycles. The second kappa shape index (κ2) is 3.75. The molecule has 0 aliphatic rings. The molecule has 13 heavy (non-hydrogen) atoms. The zero-order chi connectivity index (χ0) is 10.0. The maximum absolute atomic E-state index is 10.7. The van der Waals surface area contributed by atoms with E-state index in [1.165, 1.54) is 6.20 Å². The first-order valence-corrected chi connectivity index (χ1v) is 4.24. The highest BCUT2D eigenvalue weighted by Crippen LogP contribution is 2.23. The van der Waals surface area contributed by atoms with Crippen LogP contribution in [0.1, 0.15) is 24.0 Å². The van der Waals surface area contributed by atoms with Crippen LogP contribution in [0.15, 0.2) is 12.4 Å². The van der Waals surface area contributed by atoms with Gasteiger partial charge in [0.1, 0.15) is 0 Å². The summed E-state index contributed by atoms with van der Waals surface area (Å²) in [5.41, 5.74) is 1.45. The van der Waals surface area contributed by atoms with Crippen LogP contribution in [0.4, 0.5) is 0 Å². The fourth-order valence-corrected chi connectivity index (χ4v) is 1.25. The van der Waals surface area contributed by atoms with E-state index >= 15 is 0 Å². The summed E-state index contributed by atoms with van der Waals surface area (Å²) in [5.74, 6) is -1.43. The van der Waals surface area contributed by atoms with E-state index < -0.39 is 11.9 Å². The van der Waals surface area contributed by atoms with E-state index in [4.69, 9.17) is 16.7 Å². The van der Waals surface area contributed by atoms with Crippen LogP contribution in [0.5, 0.6) is 0 Å². The molecule has 1 aromatic rings. The smallest absolute Gasteiger partial charge is 0.310 e. The minimum atomic E-state index is -0.868. The molecule has 4 heteroatoms. The van der Waals surface area contributed by atoms with E-state index in [-0.39, 0.29) is 0 Å². The van der Waals surface area contributed by atoms with Crippen LogP contribution in [-0.2, 0) is 4.79 Å². The van der Waals surface area contributed by atoms with Gasteiger partial charge in [-0.3, -0.25) is 9.78 Å². The molecule has 70 valence electrons. The van der Waals surface area contributed by atoms with Crippen molar-refractivity contribution in [1.82, 2.24) is 4.98 Å². The Morgan fingerprint density at radius 3 is 2.77 bits per heavy atom. The highest BCUT2D eigenvalue weighted by atomic mass is 35.5. The number of carbonyl (C=O) groups is 1. The van der Waals surface area contributed by atoms with Crippen molar-refractivity contribution in [3.05, 3.63) is 28.5 Å². The first-order chi connectivity index (χ1) is 6.04. The molecule has 0 spiro atoms. The number of hydrogen-bond donors (Lipinski definition) is 1. The van der Waals surface area contributed by atoms with Crippen molar-refractivity contribution in [3.8, 4) is 0 Å². The molecule has 0 radical (unpaired) electrons. The van der Waals surface area contributed by atoms with Crippen molar-refractivity contribution >= 4 is 17.6 Å². The van der Waals surface area contributed by atoms with Crippen molar-refractivity contribution < 1.29 is 9.90 Å². The van der Waals surface area contributed by atoms with Crippen molar-refractivity contribution in [2.24, 2.45) is 0 Å². The average molecular weight is 200 g/mol. The van der Waals surface area contributed by atoms with E-state index in [1.807, 2.05) is 0 Å². The van der Waals surface area contributed by atoms with E-state index in [0.29, 0.717) is 10.6 Å². The van der Waals surface area contributed by atoms with Gasteiger partial charge in [0.15, 0.2) is 0 Å². The summed E-state index contributed by atoms with van der Waals surface area (Å²) in [6, 6.07) is 0. The van der Waals surface area contributed by atoms with Gasteiger partial charge in [-0.05, 0) is 25.0 Å². The summed E-state index contributed by atoms with van der Waals surface area (Å²) < 4.78 is 0. The quantitative estimate of drug-likeness (QED) is 0.795. The monoisotopic (exact) mass is 199 g/mol. The molecule has 0 amide bonds. The number of aromatic nitrogens is 1. The van der Waals surface area contributed by atoms with Crippen molar-refractivity contribution in [2.45, 2.75) is 19.8 Å². The molecule has 1 rings (SSSR count). The number of carboxylic acids is 1. The van der Waals surface area contributed by atoms with E-state index in [0.717, 1.165) is 5.56 Å². The molecule has 0 bridgehead atoms. The maximum atomic E-state index is 10.7. The standard InChI is InChI=1S/C9H10ClNO2/c1-5-7(6(2)9(12)13)3-11-4-8(5)10/h3-4,6H,1-2H3,(H,12,13). The first kappa shape index (κ1) is 9.99. The summed E-state index contributed by atoms with van der Waals surface area (Å²) in [5, 5.41) is 9.29. The fraction of sp³-hybridized carbons (Fsp3) is 0.333. The zero-order valence-corrected chi connectivity index (χ0v) is 8.17. The molecule has 0 aliphatic carbocycles. The molecule has 1 aromatic heterocycles. The van der Waals surface area contributed by atoms with Gasteiger partial charge in [0.2, 0.25) is 0 Å². The van der Waals surface area contributed by atoms with Gasteiger partial charge in [-0.15, -0.1) is 0 Å². The number of nitrogens with zero attached hydrogens (tertiary/aromatic N) is 1. The first-order valence-electron chi connectivity index (χ1n) is 3.87. The second-order valence-corrected chi connectivity index (χ2v) is 3.30. The highest BCUT2D eigenvalue weighted by molar-refractivity contribution is 6.31. The van der Waals surface area contributed by atoms with Crippen LogP contribution in [0.25, 0.3) is 0 Å². The third-order valence-corrected chi connectivity index (χ3v) is 2.41. The van der Waals surface area contributed by atoms with E-state index in [2.05, 4.69) is 4.98 Å². The van der Waals surface area contributed by atoms with Gasteiger partial charge < -0.3 is 5.11 Å². The Balaban J connectivity index is 3.15. The SMILES string of the molecule is Cc1c(Cl)cncc1C(C)C(=O)O. The average Bonchev–Trinajstić information content (AvgIpc) is 2.08. The molecule has 0 saturated heterocycles. The number of rotatable bonds is 2. The molecule has 0 saturated carbocycles. The Morgan fingerprint density at radius 2 is 2.23 bits per heavy atom. The molecule has 1 atom stereocenters. The van der Waals surface area contributed by atoms with Gasteiger partial charge in [0.05, 0.1) is 10.9 Å². The van der Waals surface area contributed by atoms with Crippen LogP contribution >= 0.6 is 11.6 Å². The van der Waals surface area contributed by atoms with Crippen LogP contribution in [0.3, 0.4) is 0 Å². The van der Waals surface area contributed by atoms with Gasteiger partial charge >= 0.3 is 5.97 Å². The number of aliphatic carboxylic acids is 1. The molecule has 0 aromatic carbocycles. The summed E-state index contributed by atoms with van der Waals surface area (Å²) in [6.07, 6.45) is 3.05. The summed E-state index contributed by atoms with van der Waals surface area (Å²) in [7, 11) is 0. The minimum absolute atomic E-state index is 0.505. The van der Waals surface area contributed by atoms with Gasteiger partial charge in [-0.1, -0.05) is 11.6 Å². The summed E-state index contributed by atoms with van der Waals surface area (Å²) >= 11 is 5.81. The molecule has 0 fully saturated rings. The normalized spacial score (nSPS) is 12.5. The van der Waals surface area contributed by atoms with Gasteiger partial charge in [-0.2, -0.15) is 0 Å². The second-order valence-electron chi connectivity index (χ2n) is 2.90.